The Morgan fingerprint density at radius 2 is 1.11 bits per heavy atom. The van der Waals surface area contributed by atoms with Crippen molar-refractivity contribution in [1.82, 2.24) is 4.40 Å². The van der Waals surface area contributed by atoms with Crippen LogP contribution in [-0.2, 0) is 0 Å². The normalized spacial score (nSPS) is 11.7. The van der Waals surface area contributed by atoms with Crippen LogP contribution >= 0.6 is 0 Å². The van der Waals surface area contributed by atoms with Crippen molar-refractivity contribution in [1.29, 1.82) is 10.5 Å². The molecule has 37 heavy (non-hydrogen) atoms. The SMILES string of the molecule is N#Cc1ccc2c3cc(-c4cccc5c4ccc4ccccc45)cc4c5ccc(C#N)cc5n(c2c1)c34. The predicted molar refractivity (Wildman–Crippen MR) is 151 cm³/mol. The van der Waals surface area contributed by atoms with E-state index in [1.54, 1.807) is 0 Å². The highest BCUT2D eigenvalue weighted by atomic mass is 14.9. The molecule has 0 radical (unpaired) electrons. The van der Waals surface area contributed by atoms with Crippen LogP contribution in [0, 0.1) is 22.7 Å². The Balaban J connectivity index is 1.55. The third-order valence-corrected chi connectivity index (χ3v) is 7.75. The van der Waals surface area contributed by atoms with Crippen molar-refractivity contribution in [3.8, 4) is 23.3 Å². The number of nitrogens with zero attached hydrogens (tertiary/aromatic N) is 3. The fourth-order valence-corrected chi connectivity index (χ4v) is 6.13. The van der Waals surface area contributed by atoms with Crippen molar-refractivity contribution >= 4 is 59.6 Å². The van der Waals surface area contributed by atoms with Crippen LogP contribution in [-0.4, -0.2) is 4.40 Å². The molecule has 0 bridgehead atoms. The van der Waals surface area contributed by atoms with Gasteiger partial charge in [0.2, 0.25) is 0 Å². The molecule has 0 fully saturated rings. The molecule has 6 aromatic carbocycles. The van der Waals surface area contributed by atoms with Crippen molar-refractivity contribution in [3.05, 3.63) is 114 Å². The molecule has 8 rings (SSSR count). The Labute approximate surface area is 212 Å². The topological polar surface area (TPSA) is 52.0 Å². The van der Waals surface area contributed by atoms with Gasteiger partial charge in [0, 0.05) is 21.5 Å². The van der Waals surface area contributed by atoms with Gasteiger partial charge >= 0.3 is 0 Å². The average molecular weight is 468 g/mol. The molecular formula is C34H17N3. The zero-order valence-corrected chi connectivity index (χ0v) is 19.7. The fraction of sp³-hybridized carbons (Fsp3) is 0. The monoisotopic (exact) mass is 467 g/mol. The molecule has 0 atom stereocenters. The van der Waals surface area contributed by atoms with E-state index < -0.39 is 0 Å². The second-order valence-electron chi connectivity index (χ2n) is 9.63. The van der Waals surface area contributed by atoms with Crippen LogP contribution in [0.1, 0.15) is 11.1 Å². The molecular weight excluding hydrogens is 450 g/mol. The van der Waals surface area contributed by atoms with Crippen molar-refractivity contribution in [2.75, 3.05) is 0 Å². The van der Waals surface area contributed by atoms with Crippen LogP contribution in [0.5, 0.6) is 0 Å². The minimum atomic E-state index is 0.624. The summed E-state index contributed by atoms with van der Waals surface area (Å²) in [4.78, 5) is 0. The molecule has 0 spiro atoms. The van der Waals surface area contributed by atoms with Crippen molar-refractivity contribution in [2.24, 2.45) is 0 Å². The van der Waals surface area contributed by atoms with Crippen LogP contribution in [0.4, 0.5) is 0 Å². The first-order valence-electron chi connectivity index (χ1n) is 12.2. The third-order valence-electron chi connectivity index (χ3n) is 7.75. The van der Waals surface area contributed by atoms with Gasteiger partial charge < -0.3 is 4.40 Å². The van der Waals surface area contributed by atoms with Gasteiger partial charge in [-0.1, -0.05) is 66.7 Å². The van der Waals surface area contributed by atoms with E-state index in [2.05, 4.69) is 95.4 Å². The van der Waals surface area contributed by atoms with Gasteiger partial charge in [-0.05, 0) is 69.1 Å². The maximum absolute atomic E-state index is 9.59. The molecule has 2 heterocycles. The molecule has 0 N–H and O–H groups in total. The molecule has 0 aliphatic rings. The highest BCUT2D eigenvalue weighted by molar-refractivity contribution is 6.25. The first kappa shape index (κ1) is 19.9. The number of nitriles is 2. The number of benzene rings is 6. The Morgan fingerprint density at radius 1 is 0.486 bits per heavy atom. The van der Waals surface area contributed by atoms with Gasteiger partial charge in [-0.15, -0.1) is 0 Å². The Hall–Kier alpha value is -5.38. The van der Waals surface area contributed by atoms with E-state index in [0.29, 0.717) is 11.1 Å². The van der Waals surface area contributed by atoms with Crippen molar-refractivity contribution in [3.63, 3.8) is 0 Å². The lowest BCUT2D eigenvalue weighted by atomic mass is 9.93. The summed E-state index contributed by atoms with van der Waals surface area (Å²) in [6.45, 7) is 0. The summed E-state index contributed by atoms with van der Waals surface area (Å²) < 4.78 is 2.22. The van der Waals surface area contributed by atoms with Crippen LogP contribution in [0.2, 0.25) is 0 Å². The number of aromatic nitrogens is 1. The maximum atomic E-state index is 9.59. The highest BCUT2D eigenvalue weighted by Gasteiger charge is 2.20. The first-order chi connectivity index (χ1) is 18.2. The number of rotatable bonds is 1. The van der Waals surface area contributed by atoms with Gasteiger partial charge in [-0.25, -0.2) is 0 Å². The van der Waals surface area contributed by atoms with Crippen LogP contribution in [0.25, 0.3) is 70.8 Å². The summed E-state index contributed by atoms with van der Waals surface area (Å²) in [5.74, 6) is 0. The smallest absolute Gasteiger partial charge is 0.0992 e. The predicted octanol–water partition coefficient (Wildman–Crippen LogP) is 8.55. The summed E-state index contributed by atoms with van der Waals surface area (Å²) in [7, 11) is 0. The summed E-state index contributed by atoms with van der Waals surface area (Å²) in [6.07, 6.45) is 0. The minimum absolute atomic E-state index is 0.624. The minimum Gasteiger partial charge on any atom is -0.308 e. The first-order valence-corrected chi connectivity index (χ1v) is 12.2. The summed E-state index contributed by atoms with van der Waals surface area (Å²) >= 11 is 0. The van der Waals surface area contributed by atoms with E-state index in [0.717, 1.165) is 43.7 Å². The number of hydrogen-bond donors (Lipinski definition) is 0. The van der Waals surface area contributed by atoms with Gasteiger partial charge in [0.25, 0.3) is 0 Å². The van der Waals surface area contributed by atoms with E-state index in [9.17, 15) is 10.5 Å². The van der Waals surface area contributed by atoms with Gasteiger partial charge in [-0.2, -0.15) is 10.5 Å². The van der Waals surface area contributed by atoms with E-state index in [-0.39, 0.29) is 0 Å². The van der Waals surface area contributed by atoms with Crippen molar-refractivity contribution in [2.45, 2.75) is 0 Å². The Morgan fingerprint density at radius 3 is 1.78 bits per heavy atom. The van der Waals surface area contributed by atoms with Crippen LogP contribution in [0.15, 0.2) is 103 Å². The molecule has 0 saturated carbocycles. The third kappa shape index (κ3) is 2.58. The molecule has 3 nitrogen and oxygen atoms in total. The van der Waals surface area contributed by atoms with Crippen LogP contribution < -0.4 is 0 Å². The average Bonchev–Trinajstić information content (AvgIpc) is 3.47. The second kappa shape index (κ2) is 7.08. The summed E-state index contributed by atoms with van der Waals surface area (Å²) in [6, 6.07) is 40.4. The quantitative estimate of drug-likeness (QED) is 0.227. The molecule has 0 unspecified atom stereocenters. The van der Waals surface area contributed by atoms with E-state index in [4.69, 9.17) is 0 Å². The summed E-state index contributed by atoms with van der Waals surface area (Å²) in [5.41, 5.74) is 6.71. The largest absolute Gasteiger partial charge is 0.308 e. The second-order valence-corrected chi connectivity index (χ2v) is 9.63. The molecule has 0 amide bonds. The van der Waals surface area contributed by atoms with Crippen LogP contribution in [0.3, 0.4) is 0 Å². The summed E-state index contributed by atoms with van der Waals surface area (Å²) in [5, 5.41) is 28.7. The van der Waals surface area contributed by atoms with E-state index >= 15 is 0 Å². The lowest BCUT2D eigenvalue weighted by Crippen LogP contribution is -1.84. The van der Waals surface area contributed by atoms with Gasteiger partial charge in [0.1, 0.15) is 0 Å². The zero-order valence-electron chi connectivity index (χ0n) is 19.7. The van der Waals surface area contributed by atoms with Gasteiger partial charge in [0.15, 0.2) is 0 Å². The number of fused-ring (bicyclic) bond motifs is 9. The fourth-order valence-electron chi connectivity index (χ4n) is 6.13. The maximum Gasteiger partial charge on any atom is 0.0992 e. The van der Waals surface area contributed by atoms with Crippen molar-refractivity contribution < 1.29 is 0 Å². The number of hydrogen-bond acceptors (Lipinski definition) is 2. The Kier molecular flexibility index (Phi) is 3.80. The zero-order chi connectivity index (χ0) is 24.7. The van der Waals surface area contributed by atoms with E-state index in [1.165, 1.54) is 27.1 Å². The molecule has 0 aliphatic carbocycles. The Bertz CT molecular complexity index is 2220. The standard InChI is InChI=1S/C34H17N3/c35-18-20-8-11-28-30-16-23(25-6-3-7-26-24-5-2-1-4-22(24)10-13-27(25)26)17-31-29-12-9-21(19-36)15-33(29)37(34(30)31)32(28)14-20/h1-17H. The van der Waals surface area contributed by atoms with E-state index in [1.807, 2.05) is 24.3 Å². The lowest BCUT2D eigenvalue weighted by Gasteiger charge is -2.10. The lowest BCUT2D eigenvalue weighted by molar-refractivity contribution is 1.36. The highest BCUT2D eigenvalue weighted by Crippen LogP contribution is 2.43. The molecule has 2 aromatic heterocycles. The van der Waals surface area contributed by atoms with Gasteiger partial charge in [0.05, 0.1) is 39.8 Å². The van der Waals surface area contributed by atoms with Gasteiger partial charge in [-0.3, -0.25) is 0 Å². The molecule has 0 saturated heterocycles. The molecule has 168 valence electrons. The molecule has 0 aliphatic heterocycles. The molecule has 3 heteroatoms. The molecule has 8 aromatic rings.